The van der Waals surface area contributed by atoms with Crippen molar-refractivity contribution in [3.8, 4) is 11.5 Å². The number of hydrogen-bond acceptors (Lipinski definition) is 8. The lowest BCUT2D eigenvalue weighted by Crippen LogP contribution is -2.50. The number of benzene rings is 3. The molecule has 3 aliphatic heterocycles. The molecule has 3 amide bonds. The lowest BCUT2D eigenvalue weighted by atomic mass is 9.88. The van der Waals surface area contributed by atoms with Crippen molar-refractivity contribution in [3.63, 3.8) is 0 Å². The van der Waals surface area contributed by atoms with Crippen LogP contribution in [0.1, 0.15) is 5.56 Å². The molecule has 0 spiro atoms. The molecular weight excluding hydrogens is 516 g/mol. The van der Waals surface area contributed by atoms with E-state index in [1.54, 1.807) is 18.2 Å². The highest BCUT2D eigenvalue weighted by Crippen LogP contribution is 2.49. The van der Waals surface area contributed by atoms with Crippen LogP contribution in [-0.4, -0.2) is 48.9 Å². The van der Waals surface area contributed by atoms with Gasteiger partial charge in [-0.15, -0.1) is 0 Å². The van der Waals surface area contributed by atoms with Gasteiger partial charge in [-0.25, -0.2) is 4.90 Å². The van der Waals surface area contributed by atoms with Crippen LogP contribution in [-0.2, 0) is 14.4 Å². The molecule has 2 saturated heterocycles. The maximum Gasteiger partial charge on any atom is 0.269 e. The molecule has 6 rings (SSSR count). The molecule has 3 aliphatic rings. The Morgan fingerprint density at radius 2 is 1.68 bits per heavy atom. The number of anilines is 3. The van der Waals surface area contributed by atoms with E-state index in [1.165, 1.54) is 38.5 Å². The Morgan fingerprint density at radius 1 is 0.950 bits per heavy atom. The Balaban J connectivity index is 1.42. The highest BCUT2D eigenvalue weighted by molar-refractivity contribution is 6.25. The highest BCUT2D eigenvalue weighted by Gasteiger charge is 2.64. The van der Waals surface area contributed by atoms with Gasteiger partial charge in [0.15, 0.2) is 0 Å². The largest absolute Gasteiger partial charge is 0.497 e. The first-order valence-corrected chi connectivity index (χ1v) is 12.5. The van der Waals surface area contributed by atoms with E-state index in [2.05, 4.69) is 5.32 Å². The van der Waals surface area contributed by atoms with E-state index < -0.39 is 46.6 Å². The second-order valence-electron chi connectivity index (χ2n) is 9.65. The van der Waals surface area contributed by atoms with Gasteiger partial charge in [-0.3, -0.25) is 24.5 Å². The first kappa shape index (κ1) is 25.1. The van der Waals surface area contributed by atoms with Crippen molar-refractivity contribution in [2.75, 3.05) is 29.3 Å². The van der Waals surface area contributed by atoms with Crippen LogP contribution in [0.3, 0.4) is 0 Å². The van der Waals surface area contributed by atoms with Crippen LogP contribution in [0.2, 0.25) is 0 Å². The van der Waals surface area contributed by atoms with Crippen LogP contribution in [0.15, 0.2) is 72.8 Å². The van der Waals surface area contributed by atoms with E-state index in [9.17, 15) is 24.5 Å². The molecule has 4 unspecified atom stereocenters. The van der Waals surface area contributed by atoms with Crippen LogP contribution in [0, 0.1) is 22.0 Å². The number of imide groups is 1. The number of hydrogen-bond donors (Lipinski definition) is 1. The van der Waals surface area contributed by atoms with Crippen molar-refractivity contribution in [2.24, 2.45) is 11.8 Å². The number of nitro groups is 1. The Hall–Kier alpha value is -5.19. The molecule has 1 N–H and O–H groups in total. The molecule has 4 atom stereocenters. The Bertz CT molecular complexity index is 1590. The number of nitrogens with one attached hydrogen (secondary N) is 1. The molecule has 0 radical (unpaired) electrons. The molecule has 3 aromatic rings. The summed E-state index contributed by atoms with van der Waals surface area (Å²) in [5.74, 6) is -2.42. The van der Waals surface area contributed by atoms with Crippen LogP contribution >= 0.6 is 0 Å². The quantitative estimate of drug-likeness (QED) is 0.285. The minimum absolute atomic E-state index is 0.162. The summed E-state index contributed by atoms with van der Waals surface area (Å²) in [7, 11) is 2.98. The fourth-order valence-corrected chi connectivity index (χ4v) is 5.91. The first-order chi connectivity index (χ1) is 19.3. The van der Waals surface area contributed by atoms with Crippen molar-refractivity contribution in [1.82, 2.24) is 0 Å². The zero-order valence-corrected chi connectivity index (χ0v) is 21.5. The average Bonchev–Trinajstić information content (AvgIpc) is 3.45. The molecule has 3 aromatic carbocycles. The van der Waals surface area contributed by atoms with E-state index in [0.717, 1.165) is 16.2 Å². The number of carbonyl (C=O) groups is 3. The maximum absolute atomic E-state index is 14.1. The van der Waals surface area contributed by atoms with Gasteiger partial charge < -0.3 is 19.7 Å². The number of nitro benzene ring substituents is 1. The SMILES string of the molecule is COc1ccc(OC)c(NC(=O)C2C3C(=O)N(c4ccc([N+](=O)[O-])cc4)C(=O)C3C3C=Cc4ccccc4N32)c1. The van der Waals surface area contributed by atoms with E-state index in [0.29, 0.717) is 17.2 Å². The molecular formula is C29H24N4O7. The topological polar surface area (TPSA) is 131 Å². The number of carbonyl (C=O) groups excluding carboxylic acids is 3. The molecule has 3 heterocycles. The van der Waals surface area contributed by atoms with Gasteiger partial charge in [-0.2, -0.15) is 0 Å². The molecule has 0 saturated carbocycles. The van der Waals surface area contributed by atoms with Gasteiger partial charge >= 0.3 is 0 Å². The van der Waals surface area contributed by atoms with Crippen molar-refractivity contribution in [3.05, 3.63) is 88.5 Å². The second-order valence-corrected chi connectivity index (χ2v) is 9.65. The average molecular weight is 541 g/mol. The molecule has 0 bridgehead atoms. The molecule has 2 fully saturated rings. The summed E-state index contributed by atoms with van der Waals surface area (Å²) >= 11 is 0. The van der Waals surface area contributed by atoms with E-state index in [-0.39, 0.29) is 11.4 Å². The summed E-state index contributed by atoms with van der Waals surface area (Å²) < 4.78 is 10.7. The van der Waals surface area contributed by atoms with Crippen molar-refractivity contribution < 1.29 is 28.8 Å². The summed E-state index contributed by atoms with van der Waals surface area (Å²) in [5, 5.41) is 14.0. The van der Waals surface area contributed by atoms with Gasteiger partial charge in [0, 0.05) is 23.9 Å². The molecule has 11 nitrogen and oxygen atoms in total. The normalized spacial score (nSPS) is 22.4. The predicted octanol–water partition coefficient (Wildman–Crippen LogP) is 3.64. The fraction of sp³-hybridized carbons (Fsp3) is 0.207. The lowest BCUT2D eigenvalue weighted by Gasteiger charge is -2.36. The Kier molecular flexibility index (Phi) is 5.98. The third-order valence-electron chi connectivity index (χ3n) is 7.67. The number of methoxy groups -OCH3 is 2. The minimum atomic E-state index is -1.03. The third kappa shape index (κ3) is 3.77. The highest BCUT2D eigenvalue weighted by atomic mass is 16.6. The zero-order valence-electron chi connectivity index (χ0n) is 21.5. The van der Waals surface area contributed by atoms with E-state index in [1.807, 2.05) is 41.3 Å². The summed E-state index contributed by atoms with van der Waals surface area (Å²) in [5.41, 5.74) is 2.02. The van der Waals surface area contributed by atoms with E-state index >= 15 is 0 Å². The smallest absolute Gasteiger partial charge is 0.269 e. The van der Waals surface area contributed by atoms with Crippen molar-refractivity contribution in [2.45, 2.75) is 12.1 Å². The maximum atomic E-state index is 14.1. The van der Waals surface area contributed by atoms with Gasteiger partial charge in [0.05, 0.1) is 48.4 Å². The minimum Gasteiger partial charge on any atom is -0.497 e. The number of nitrogens with zero attached hydrogens (tertiary/aromatic N) is 3. The zero-order chi connectivity index (χ0) is 28.1. The molecule has 40 heavy (non-hydrogen) atoms. The number of amides is 3. The molecule has 0 aromatic heterocycles. The van der Waals surface area contributed by atoms with Crippen LogP contribution in [0.4, 0.5) is 22.7 Å². The summed E-state index contributed by atoms with van der Waals surface area (Å²) in [6, 6.07) is 16.1. The number of para-hydroxylation sites is 1. The van der Waals surface area contributed by atoms with Crippen LogP contribution in [0.5, 0.6) is 11.5 Å². The Morgan fingerprint density at radius 3 is 2.38 bits per heavy atom. The van der Waals surface area contributed by atoms with Crippen LogP contribution in [0.25, 0.3) is 6.08 Å². The number of fused-ring (bicyclic) bond motifs is 5. The van der Waals surface area contributed by atoms with Gasteiger partial charge in [-0.1, -0.05) is 30.4 Å². The molecule has 11 heteroatoms. The first-order valence-electron chi connectivity index (χ1n) is 12.5. The molecule has 0 aliphatic carbocycles. The van der Waals surface area contributed by atoms with Gasteiger partial charge in [0.1, 0.15) is 17.5 Å². The summed E-state index contributed by atoms with van der Waals surface area (Å²) in [4.78, 5) is 55.3. The van der Waals surface area contributed by atoms with Gasteiger partial charge in [0.25, 0.3) is 5.69 Å². The van der Waals surface area contributed by atoms with Crippen molar-refractivity contribution in [1.29, 1.82) is 0 Å². The van der Waals surface area contributed by atoms with E-state index in [4.69, 9.17) is 9.47 Å². The van der Waals surface area contributed by atoms with Gasteiger partial charge in [-0.05, 0) is 35.9 Å². The molecule has 202 valence electrons. The predicted molar refractivity (Wildman–Crippen MR) is 146 cm³/mol. The lowest BCUT2D eigenvalue weighted by molar-refractivity contribution is -0.384. The fourth-order valence-electron chi connectivity index (χ4n) is 5.91. The van der Waals surface area contributed by atoms with Gasteiger partial charge in [0.2, 0.25) is 17.7 Å². The van der Waals surface area contributed by atoms with Crippen molar-refractivity contribution >= 4 is 46.5 Å². The number of non-ortho nitro benzene ring substituents is 1. The van der Waals surface area contributed by atoms with Crippen LogP contribution < -0.4 is 24.6 Å². The summed E-state index contributed by atoms with van der Waals surface area (Å²) in [6.07, 6.45) is 3.75. The summed E-state index contributed by atoms with van der Waals surface area (Å²) in [6.45, 7) is 0. The monoisotopic (exact) mass is 540 g/mol. The number of rotatable bonds is 6. The second kappa shape index (κ2) is 9.53. The third-order valence-corrected chi connectivity index (χ3v) is 7.67. The Labute approximate surface area is 228 Å². The standard InChI is InChI=1S/C29H24N4O7/c1-39-19-12-14-23(40-2)20(15-19)30-27(34)26-25-24(22-13-7-16-5-3-4-6-21(16)32(22)26)28(35)31(29(25)36)17-8-10-18(11-9-17)33(37)38/h3-15,22,24-26H,1-2H3,(H,30,34). The number of ether oxygens (including phenoxy) is 2.